The second kappa shape index (κ2) is 10.5. The Hall–Kier alpha value is -1.08. The number of nitrogens with one attached hydrogen (secondary N) is 1. The third-order valence-electron chi connectivity index (χ3n) is 4.70. The number of urea groups is 1. The first-order valence-electron chi connectivity index (χ1n) is 8.89. The number of nitrogens with zero attached hydrogens (tertiary/aromatic N) is 2. The zero-order valence-corrected chi connectivity index (χ0v) is 15.4. The summed E-state index contributed by atoms with van der Waals surface area (Å²) in [6, 6.07) is -1.06. The molecule has 1 unspecified atom stereocenters. The molecule has 5 N–H and O–H groups in total. The van der Waals surface area contributed by atoms with Crippen LogP contribution in [-0.2, 0) is 9.47 Å². The maximum absolute atomic E-state index is 11.9. The number of amides is 2. The molecule has 0 radical (unpaired) electrons. The monoisotopic (exact) mass is 411 g/mol. The number of aliphatic hydroxyl groups excluding tert-OH is 4. The van der Waals surface area contributed by atoms with E-state index in [4.69, 9.17) is 21.1 Å². The van der Waals surface area contributed by atoms with Crippen molar-refractivity contribution in [2.75, 3.05) is 12.4 Å². The Bertz CT molecular complexity index is 496. The SMILES string of the molecule is O=NN(CCCl)C(=O)NC(O)[C@H]1O[C@H](OC2CCCCC2)[C@@H](O)[C@@H](O)[C@H]1O. The Balaban J connectivity index is 2.00. The van der Waals surface area contributed by atoms with Crippen molar-refractivity contribution in [2.24, 2.45) is 5.29 Å². The van der Waals surface area contributed by atoms with Gasteiger partial charge in [0.2, 0.25) is 0 Å². The highest BCUT2D eigenvalue weighted by molar-refractivity contribution is 6.18. The molecule has 0 aromatic heterocycles. The van der Waals surface area contributed by atoms with Crippen molar-refractivity contribution in [2.45, 2.75) is 75.1 Å². The van der Waals surface area contributed by atoms with Crippen LogP contribution in [0.25, 0.3) is 0 Å². The molecule has 6 atom stereocenters. The van der Waals surface area contributed by atoms with Crippen molar-refractivity contribution in [1.82, 2.24) is 10.3 Å². The third-order valence-corrected chi connectivity index (χ3v) is 4.87. The van der Waals surface area contributed by atoms with Gasteiger partial charge in [0.25, 0.3) is 0 Å². The summed E-state index contributed by atoms with van der Waals surface area (Å²) in [5, 5.41) is 45.4. The maximum atomic E-state index is 11.9. The van der Waals surface area contributed by atoms with Crippen LogP contribution >= 0.6 is 11.6 Å². The Labute approximate surface area is 161 Å². The van der Waals surface area contributed by atoms with Gasteiger partial charge in [0.15, 0.2) is 12.5 Å². The molecule has 0 aromatic rings. The van der Waals surface area contributed by atoms with Crippen LogP contribution < -0.4 is 5.32 Å². The van der Waals surface area contributed by atoms with Crippen LogP contribution in [0, 0.1) is 4.91 Å². The van der Waals surface area contributed by atoms with Gasteiger partial charge in [-0.3, -0.25) is 0 Å². The summed E-state index contributed by atoms with van der Waals surface area (Å²) in [6.45, 7) is -0.188. The molecule has 1 saturated heterocycles. The van der Waals surface area contributed by atoms with E-state index in [9.17, 15) is 30.1 Å². The average Bonchev–Trinajstić information content (AvgIpc) is 2.67. The molecule has 27 heavy (non-hydrogen) atoms. The molecular weight excluding hydrogens is 386 g/mol. The number of hydrogen-bond acceptors (Lipinski definition) is 9. The first kappa shape index (κ1) is 22.2. The molecule has 156 valence electrons. The fourth-order valence-corrected chi connectivity index (χ4v) is 3.34. The summed E-state index contributed by atoms with van der Waals surface area (Å²) >= 11 is 5.45. The molecule has 2 rings (SSSR count). The molecule has 0 aromatic carbocycles. The van der Waals surface area contributed by atoms with Crippen molar-refractivity contribution in [3.63, 3.8) is 0 Å². The summed E-state index contributed by atoms with van der Waals surface area (Å²) in [5.41, 5.74) is 0. The molecule has 2 amide bonds. The minimum Gasteiger partial charge on any atom is -0.387 e. The number of ether oxygens (including phenoxy) is 2. The standard InChI is InChI=1S/C15H26ClN3O8/c16-6-7-19(18-25)15(24)17-13(23)12-10(21)9(20)11(22)14(27-12)26-8-4-2-1-3-5-8/h8-14,20-23H,1-7H2,(H,17,24)/t9-,10+,11-,12-,13?,14-/m0/s1. The van der Waals surface area contributed by atoms with Crippen LogP contribution in [0.1, 0.15) is 32.1 Å². The number of carbonyl (C=O) groups is 1. The van der Waals surface area contributed by atoms with Gasteiger partial charge in [0, 0.05) is 5.88 Å². The Morgan fingerprint density at radius 3 is 2.48 bits per heavy atom. The molecule has 0 bridgehead atoms. The molecule has 12 heteroatoms. The normalized spacial score (nSPS) is 33.3. The van der Waals surface area contributed by atoms with E-state index in [0.29, 0.717) is 5.01 Å². The van der Waals surface area contributed by atoms with Gasteiger partial charge in [-0.15, -0.1) is 16.5 Å². The van der Waals surface area contributed by atoms with Crippen LogP contribution in [0.4, 0.5) is 4.79 Å². The van der Waals surface area contributed by atoms with Crippen LogP contribution in [0.5, 0.6) is 0 Å². The largest absolute Gasteiger partial charge is 0.387 e. The number of hydrogen-bond donors (Lipinski definition) is 5. The van der Waals surface area contributed by atoms with Crippen LogP contribution in [0.2, 0.25) is 0 Å². The summed E-state index contributed by atoms with van der Waals surface area (Å²) < 4.78 is 11.1. The third kappa shape index (κ3) is 5.70. The van der Waals surface area contributed by atoms with Gasteiger partial charge in [-0.05, 0) is 12.8 Å². The summed E-state index contributed by atoms with van der Waals surface area (Å²) in [6.07, 6.45) is -5.07. The zero-order chi connectivity index (χ0) is 20.0. The minimum atomic E-state index is -1.80. The number of halogens is 1. The van der Waals surface area contributed by atoms with E-state index < -0.39 is 43.0 Å². The van der Waals surface area contributed by atoms with Gasteiger partial charge in [0.1, 0.15) is 24.4 Å². The molecule has 1 heterocycles. The lowest BCUT2D eigenvalue weighted by molar-refractivity contribution is -0.322. The quantitative estimate of drug-likeness (QED) is 0.160. The van der Waals surface area contributed by atoms with Gasteiger partial charge >= 0.3 is 6.03 Å². The van der Waals surface area contributed by atoms with Crippen LogP contribution in [-0.4, -0.2) is 86.9 Å². The average molecular weight is 412 g/mol. The molecule has 1 aliphatic carbocycles. The van der Waals surface area contributed by atoms with Crippen molar-refractivity contribution in [3.05, 3.63) is 4.91 Å². The number of rotatable bonds is 7. The van der Waals surface area contributed by atoms with E-state index in [1.807, 2.05) is 5.32 Å². The van der Waals surface area contributed by atoms with E-state index in [0.717, 1.165) is 32.1 Å². The molecular formula is C15H26ClN3O8. The fraction of sp³-hybridized carbons (Fsp3) is 0.933. The number of aliphatic hydroxyl groups is 4. The predicted octanol–water partition coefficient (Wildman–Crippen LogP) is -0.607. The topological polar surface area (TPSA) is 161 Å². The van der Waals surface area contributed by atoms with Crippen LogP contribution in [0.3, 0.4) is 0 Å². The molecule has 2 aliphatic rings. The lowest BCUT2D eigenvalue weighted by Crippen LogP contribution is -2.64. The van der Waals surface area contributed by atoms with E-state index in [2.05, 4.69) is 5.29 Å². The fourth-order valence-electron chi connectivity index (χ4n) is 3.18. The van der Waals surface area contributed by atoms with Gasteiger partial charge in [0.05, 0.1) is 17.9 Å². The molecule has 0 spiro atoms. The van der Waals surface area contributed by atoms with Crippen molar-refractivity contribution >= 4 is 17.6 Å². The van der Waals surface area contributed by atoms with Crippen molar-refractivity contribution in [1.29, 1.82) is 0 Å². The predicted molar refractivity (Wildman–Crippen MR) is 92.4 cm³/mol. The second-order valence-electron chi connectivity index (χ2n) is 6.63. The van der Waals surface area contributed by atoms with Crippen molar-refractivity contribution < 1.29 is 34.7 Å². The summed E-state index contributed by atoms with van der Waals surface area (Å²) in [7, 11) is 0. The number of carbonyl (C=O) groups excluding carboxylic acids is 1. The van der Waals surface area contributed by atoms with Crippen LogP contribution in [0.15, 0.2) is 5.29 Å². The zero-order valence-electron chi connectivity index (χ0n) is 14.7. The molecule has 1 aliphatic heterocycles. The lowest BCUT2D eigenvalue weighted by Gasteiger charge is -2.43. The Morgan fingerprint density at radius 1 is 1.22 bits per heavy atom. The lowest BCUT2D eigenvalue weighted by atomic mass is 9.96. The first-order valence-corrected chi connectivity index (χ1v) is 9.43. The molecule has 11 nitrogen and oxygen atoms in total. The summed E-state index contributed by atoms with van der Waals surface area (Å²) in [4.78, 5) is 22.5. The smallest absolute Gasteiger partial charge is 0.342 e. The highest BCUT2D eigenvalue weighted by Gasteiger charge is 2.48. The van der Waals surface area contributed by atoms with E-state index in [-0.39, 0.29) is 18.5 Å². The van der Waals surface area contributed by atoms with E-state index in [1.54, 1.807) is 0 Å². The van der Waals surface area contributed by atoms with Gasteiger partial charge < -0.3 is 35.2 Å². The highest BCUT2D eigenvalue weighted by atomic mass is 35.5. The highest BCUT2D eigenvalue weighted by Crippen LogP contribution is 2.28. The summed E-state index contributed by atoms with van der Waals surface area (Å²) in [5.74, 6) is -0.0555. The van der Waals surface area contributed by atoms with E-state index >= 15 is 0 Å². The number of nitroso groups, excluding NO2 is 1. The molecule has 2 fully saturated rings. The van der Waals surface area contributed by atoms with E-state index in [1.165, 1.54) is 0 Å². The Morgan fingerprint density at radius 2 is 1.89 bits per heavy atom. The second-order valence-corrected chi connectivity index (χ2v) is 7.00. The Kier molecular flexibility index (Phi) is 8.61. The number of alkyl halides is 1. The van der Waals surface area contributed by atoms with Gasteiger partial charge in [-0.2, -0.15) is 5.01 Å². The van der Waals surface area contributed by atoms with Gasteiger partial charge in [-0.25, -0.2) is 4.79 Å². The van der Waals surface area contributed by atoms with Crippen molar-refractivity contribution in [3.8, 4) is 0 Å². The first-order chi connectivity index (χ1) is 12.9. The maximum Gasteiger partial charge on any atom is 0.342 e. The van der Waals surface area contributed by atoms with Gasteiger partial charge in [-0.1, -0.05) is 19.3 Å². The molecule has 1 saturated carbocycles. The minimum absolute atomic E-state index is 0.0555.